The van der Waals surface area contributed by atoms with Crippen molar-refractivity contribution in [3.63, 3.8) is 0 Å². The zero-order chi connectivity index (χ0) is 19.0. The van der Waals surface area contributed by atoms with Crippen LogP contribution in [0.2, 0.25) is 5.02 Å². The van der Waals surface area contributed by atoms with Crippen LogP contribution in [-0.4, -0.2) is 20.0 Å². The smallest absolute Gasteiger partial charge is 0.332 e. The fraction of sp³-hybridized carbons (Fsp3) is 0.222. The van der Waals surface area contributed by atoms with E-state index in [4.69, 9.17) is 11.6 Å². The Morgan fingerprint density at radius 3 is 2.58 bits per heavy atom. The predicted molar refractivity (Wildman–Crippen MR) is 99.6 cm³/mol. The van der Waals surface area contributed by atoms with E-state index in [1.807, 2.05) is 6.07 Å². The molecule has 134 valence electrons. The largest absolute Gasteiger partial charge is 0.348 e. The van der Waals surface area contributed by atoms with Gasteiger partial charge >= 0.3 is 5.69 Å². The summed E-state index contributed by atoms with van der Waals surface area (Å²) in [5, 5.41) is 3.42. The van der Waals surface area contributed by atoms with Gasteiger partial charge in [0.05, 0.1) is 10.9 Å². The number of aryl methyl sites for hydroxylation is 2. The van der Waals surface area contributed by atoms with Crippen LogP contribution in [0.15, 0.2) is 39.9 Å². The molecule has 0 aliphatic carbocycles. The lowest BCUT2D eigenvalue weighted by molar-refractivity contribution is 0.0952. The van der Waals surface area contributed by atoms with Crippen molar-refractivity contribution in [1.82, 2.24) is 19.4 Å². The number of rotatable bonds is 3. The third kappa shape index (κ3) is 3.01. The Hall–Kier alpha value is -2.93. The van der Waals surface area contributed by atoms with Crippen molar-refractivity contribution in [3.8, 4) is 0 Å². The Kier molecular flexibility index (Phi) is 4.65. The van der Waals surface area contributed by atoms with Crippen molar-refractivity contribution in [2.24, 2.45) is 14.1 Å². The maximum Gasteiger partial charge on any atom is 0.332 e. The van der Waals surface area contributed by atoms with E-state index in [2.05, 4.69) is 10.3 Å². The number of hydrogen-bond donors (Lipinski definition) is 1. The summed E-state index contributed by atoms with van der Waals surface area (Å²) in [5.74, 6) is -0.434. The highest BCUT2D eigenvalue weighted by atomic mass is 35.5. The molecule has 0 atom stereocenters. The number of aromatic nitrogens is 3. The van der Waals surface area contributed by atoms with Crippen molar-refractivity contribution in [3.05, 3.63) is 73.0 Å². The summed E-state index contributed by atoms with van der Waals surface area (Å²) in [6, 6.07) is 8.71. The zero-order valence-electron chi connectivity index (χ0n) is 14.5. The number of amides is 1. The van der Waals surface area contributed by atoms with Gasteiger partial charge in [-0.3, -0.25) is 18.7 Å². The Morgan fingerprint density at radius 2 is 1.88 bits per heavy atom. The van der Waals surface area contributed by atoms with E-state index in [0.29, 0.717) is 10.7 Å². The molecule has 3 rings (SSSR count). The summed E-state index contributed by atoms with van der Waals surface area (Å²) >= 11 is 6.11. The van der Waals surface area contributed by atoms with E-state index >= 15 is 0 Å². The number of pyridine rings is 1. The molecule has 1 aromatic carbocycles. The minimum absolute atomic E-state index is 0.108. The Labute approximate surface area is 153 Å². The summed E-state index contributed by atoms with van der Waals surface area (Å²) in [4.78, 5) is 41.7. The molecule has 2 heterocycles. The molecule has 1 N–H and O–H groups in total. The molecule has 7 nitrogen and oxygen atoms in total. The first-order valence-electron chi connectivity index (χ1n) is 7.90. The SMILES string of the molecule is Cc1cc(C(=O)NCc2ccccc2Cl)c2c(=O)n(C)c(=O)n(C)c2n1. The molecule has 0 radical (unpaired) electrons. The normalized spacial score (nSPS) is 10.9. The highest BCUT2D eigenvalue weighted by Gasteiger charge is 2.19. The summed E-state index contributed by atoms with van der Waals surface area (Å²) in [6.07, 6.45) is 0. The van der Waals surface area contributed by atoms with Crippen LogP contribution in [-0.2, 0) is 20.6 Å². The summed E-state index contributed by atoms with van der Waals surface area (Å²) in [6.45, 7) is 1.92. The second-order valence-corrected chi connectivity index (χ2v) is 6.40. The molecule has 26 heavy (non-hydrogen) atoms. The van der Waals surface area contributed by atoms with Crippen molar-refractivity contribution >= 4 is 28.5 Å². The van der Waals surface area contributed by atoms with Crippen LogP contribution in [0.25, 0.3) is 11.0 Å². The van der Waals surface area contributed by atoms with E-state index in [1.54, 1.807) is 25.1 Å². The van der Waals surface area contributed by atoms with Crippen LogP contribution >= 0.6 is 11.6 Å². The topological polar surface area (TPSA) is 86.0 Å². The predicted octanol–water partition coefficient (Wildman–Crippen LogP) is 1.52. The first-order valence-corrected chi connectivity index (χ1v) is 8.28. The number of nitrogens with zero attached hydrogens (tertiary/aromatic N) is 3. The molecule has 0 aliphatic heterocycles. The number of benzene rings is 1. The van der Waals surface area contributed by atoms with Gasteiger partial charge in [0.1, 0.15) is 5.65 Å². The molecular formula is C18H17ClN4O3. The number of hydrogen-bond acceptors (Lipinski definition) is 4. The van der Waals surface area contributed by atoms with Crippen LogP contribution in [0.4, 0.5) is 0 Å². The van der Waals surface area contributed by atoms with E-state index in [9.17, 15) is 14.4 Å². The van der Waals surface area contributed by atoms with Gasteiger partial charge in [-0.25, -0.2) is 9.78 Å². The monoisotopic (exact) mass is 372 g/mol. The van der Waals surface area contributed by atoms with Crippen molar-refractivity contribution in [2.45, 2.75) is 13.5 Å². The molecular weight excluding hydrogens is 356 g/mol. The standard InChI is InChI=1S/C18H17ClN4O3/c1-10-8-12(16(24)20-9-11-6-4-5-7-13(11)19)14-15(21-10)22(2)18(26)23(3)17(14)25/h4-8H,9H2,1-3H3,(H,20,24). The number of fused-ring (bicyclic) bond motifs is 1. The van der Waals surface area contributed by atoms with Crippen LogP contribution in [0.5, 0.6) is 0 Å². The van der Waals surface area contributed by atoms with Gasteiger partial charge in [0, 0.05) is 31.4 Å². The van der Waals surface area contributed by atoms with Crippen LogP contribution in [0, 0.1) is 6.92 Å². The van der Waals surface area contributed by atoms with E-state index in [-0.39, 0.29) is 23.1 Å². The Bertz CT molecular complexity index is 1150. The third-order valence-corrected chi connectivity index (χ3v) is 4.55. The number of carbonyl (C=O) groups is 1. The number of carbonyl (C=O) groups excluding carboxylic acids is 1. The molecule has 0 unspecified atom stereocenters. The molecule has 0 saturated heterocycles. The summed E-state index contributed by atoms with van der Waals surface area (Å²) < 4.78 is 2.22. The minimum atomic E-state index is -0.557. The van der Waals surface area contributed by atoms with Crippen LogP contribution < -0.4 is 16.6 Å². The highest BCUT2D eigenvalue weighted by molar-refractivity contribution is 6.31. The summed E-state index contributed by atoms with van der Waals surface area (Å²) in [7, 11) is 2.89. The molecule has 0 spiro atoms. The minimum Gasteiger partial charge on any atom is -0.348 e. The molecule has 0 aliphatic rings. The fourth-order valence-corrected chi connectivity index (χ4v) is 2.97. The zero-order valence-corrected chi connectivity index (χ0v) is 15.3. The number of nitrogens with one attached hydrogen (secondary N) is 1. The van der Waals surface area contributed by atoms with E-state index in [1.165, 1.54) is 24.7 Å². The second-order valence-electron chi connectivity index (χ2n) is 5.99. The van der Waals surface area contributed by atoms with Crippen LogP contribution in [0.3, 0.4) is 0 Å². The highest BCUT2D eigenvalue weighted by Crippen LogP contribution is 2.16. The second kappa shape index (κ2) is 6.76. The average molecular weight is 373 g/mol. The Morgan fingerprint density at radius 1 is 1.19 bits per heavy atom. The molecule has 0 bridgehead atoms. The van der Waals surface area contributed by atoms with Crippen molar-refractivity contribution in [2.75, 3.05) is 0 Å². The lowest BCUT2D eigenvalue weighted by Crippen LogP contribution is -2.38. The van der Waals surface area contributed by atoms with Crippen LogP contribution in [0.1, 0.15) is 21.6 Å². The molecule has 2 aromatic heterocycles. The third-order valence-electron chi connectivity index (χ3n) is 4.18. The van der Waals surface area contributed by atoms with Gasteiger partial charge in [-0.1, -0.05) is 29.8 Å². The van der Waals surface area contributed by atoms with Gasteiger partial charge in [0.2, 0.25) is 0 Å². The first-order chi connectivity index (χ1) is 12.3. The lowest BCUT2D eigenvalue weighted by Gasteiger charge is -2.12. The quantitative estimate of drug-likeness (QED) is 0.755. The average Bonchev–Trinajstić information content (AvgIpc) is 2.63. The van der Waals surface area contributed by atoms with E-state index in [0.717, 1.165) is 10.1 Å². The molecule has 3 aromatic rings. The van der Waals surface area contributed by atoms with Gasteiger partial charge in [-0.05, 0) is 24.6 Å². The van der Waals surface area contributed by atoms with Crippen molar-refractivity contribution in [1.29, 1.82) is 0 Å². The lowest BCUT2D eigenvalue weighted by atomic mass is 10.1. The van der Waals surface area contributed by atoms with E-state index < -0.39 is 17.2 Å². The van der Waals surface area contributed by atoms with Crippen molar-refractivity contribution < 1.29 is 4.79 Å². The van der Waals surface area contributed by atoms with Gasteiger partial charge in [-0.2, -0.15) is 0 Å². The van der Waals surface area contributed by atoms with Gasteiger partial charge in [-0.15, -0.1) is 0 Å². The van der Waals surface area contributed by atoms with Gasteiger partial charge in [0.15, 0.2) is 0 Å². The first kappa shape index (κ1) is 17.9. The molecule has 0 fully saturated rings. The molecule has 0 saturated carbocycles. The maximum atomic E-state index is 12.7. The Balaban J connectivity index is 2.10. The fourth-order valence-electron chi connectivity index (χ4n) is 2.77. The van der Waals surface area contributed by atoms with Gasteiger partial charge < -0.3 is 5.32 Å². The molecule has 8 heteroatoms. The number of halogens is 1. The summed E-state index contributed by atoms with van der Waals surface area (Å²) in [5.41, 5.74) is 0.597. The molecule has 1 amide bonds. The van der Waals surface area contributed by atoms with Gasteiger partial charge in [0.25, 0.3) is 11.5 Å². The maximum absolute atomic E-state index is 12.7.